The molecule has 0 aliphatic heterocycles. The maximum atomic E-state index is 8.55. The van der Waals surface area contributed by atoms with Crippen LogP contribution in [-0.4, -0.2) is 23.6 Å². The summed E-state index contributed by atoms with van der Waals surface area (Å²) >= 11 is 5.28. The average Bonchev–Trinajstić information content (AvgIpc) is 2.43. The topological polar surface area (TPSA) is 39.1 Å². The number of nitriles is 1. The second-order valence-electron chi connectivity index (χ2n) is 4.56. The van der Waals surface area contributed by atoms with Gasteiger partial charge in [0.25, 0.3) is 0 Å². The molecular formula is C15H21N3S. The molecule has 0 fully saturated rings. The van der Waals surface area contributed by atoms with Gasteiger partial charge in [-0.15, -0.1) is 0 Å². The first kappa shape index (κ1) is 15.5. The lowest BCUT2D eigenvalue weighted by Gasteiger charge is -2.19. The van der Waals surface area contributed by atoms with E-state index in [1.165, 1.54) is 18.4 Å². The molecule has 1 aromatic carbocycles. The second-order valence-corrected chi connectivity index (χ2v) is 4.95. The molecular weight excluding hydrogens is 254 g/mol. The van der Waals surface area contributed by atoms with E-state index in [0.29, 0.717) is 18.1 Å². The number of nitrogens with zero attached hydrogens (tertiary/aromatic N) is 2. The summed E-state index contributed by atoms with van der Waals surface area (Å²) in [4.78, 5) is 1.88. The molecule has 4 heteroatoms. The minimum atomic E-state index is 0.480. The number of anilines is 1. The molecule has 0 atom stereocenters. The predicted octanol–water partition coefficient (Wildman–Crippen LogP) is 3.57. The number of unbranched alkanes of at least 4 members (excludes halogenated alkanes) is 1. The summed E-state index contributed by atoms with van der Waals surface area (Å²) in [6.07, 6.45) is 4.05. The van der Waals surface area contributed by atoms with E-state index in [9.17, 15) is 0 Å². The lowest BCUT2D eigenvalue weighted by atomic mass is 10.1. The van der Waals surface area contributed by atoms with Gasteiger partial charge in [-0.05, 0) is 42.8 Å². The Kier molecular flexibility index (Phi) is 6.91. The van der Waals surface area contributed by atoms with Gasteiger partial charge in [0.2, 0.25) is 0 Å². The minimum absolute atomic E-state index is 0.480. The Balaban J connectivity index is 2.48. The van der Waals surface area contributed by atoms with Gasteiger partial charge in [0, 0.05) is 19.3 Å². The third kappa shape index (κ3) is 5.71. The van der Waals surface area contributed by atoms with E-state index in [1.807, 2.05) is 11.9 Å². The Morgan fingerprint density at radius 2 is 2.05 bits per heavy atom. The van der Waals surface area contributed by atoms with Gasteiger partial charge < -0.3 is 10.2 Å². The summed E-state index contributed by atoms with van der Waals surface area (Å²) in [6, 6.07) is 10.5. The molecule has 0 bridgehead atoms. The van der Waals surface area contributed by atoms with Crippen LogP contribution in [0.3, 0.4) is 0 Å². The van der Waals surface area contributed by atoms with Gasteiger partial charge in [-0.25, -0.2) is 0 Å². The highest BCUT2D eigenvalue weighted by Gasteiger charge is 2.04. The van der Waals surface area contributed by atoms with Gasteiger partial charge >= 0.3 is 0 Å². The van der Waals surface area contributed by atoms with E-state index in [1.54, 1.807) is 0 Å². The first-order valence-electron chi connectivity index (χ1n) is 6.65. The largest absolute Gasteiger partial charge is 0.351 e. The van der Waals surface area contributed by atoms with Crippen LogP contribution < -0.4 is 5.32 Å². The van der Waals surface area contributed by atoms with Crippen molar-refractivity contribution in [1.29, 1.82) is 5.26 Å². The molecule has 1 rings (SSSR count). The van der Waals surface area contributed by atoms with Crippen LogP contribution in [0.1, 0.15) is 31.7 Å². The molecule has 0 saturated heterocycles. The van der Waals surface area contributed by atoms with E-state index < -0.39 is 0 Å². The predicted molar refractivity (Wildman–Crippen MR) is 84.1 cm³/mol. The van der Waals surface area contributed by atoms with Crippen molar-refractivity contribution in [3.8, 4) is 6.07 Å². The fraction of sp³-hybridized carbons (Fsp3) is 0.467. The van der Waals surface area contributed by atoms with Crippen molar-refractivity contribution in [2.24, 2.45) is 0 Å². The Bertz CT molecular complexity index is 434. The van der Waals surface area contributed by atoms with E-state index in [2.05, 4.69) is 42.6 Å². The molecule has 102 valence electrons. The highest BCUT2D eigenvalue weighted by molar-refractivity contribution is 7.80. The summed E-state index contributed by atoms with van der Waals surface area (Å²) in [6.45, 7) is 2.85. The van der Waals surface area contributed by atoms with Crippen LogP contribution in [0.2, 0.25) is 0 Å². The SMILES string of the molecule is CCCCc1ccc(NC(=S)N(C)CCC#N)cc1. The van der Waals surface area contributed by atoms with Crippen LogP contribution in [0.4, 0.5) is 5.69 Å². The van der Waals surface area contributed by atoms with Crippen LogP contribution in [0.25, 0.3) is 0 Å². The first-order valence-corrected chi connectivity index (χ1v) is 7.06. The van der Waals surface area contributed by atoms with Crippen molar-refractivity contribution in [3.63, 3.8) is 0 Å². The molecule has 0 heterocycles. The van der Waals surface area contributed by atoms with Gasteiger partial charge in [-0.2, -0.15) is 5.26 Å². The highest BCUT2D eigenvalue weighted by atomic mass is 32.1. The number of nitrogens with one attached hydrogen (secondary N) is 1. The molecule has 1 N–H and O–H groups in total. The highest BCUT2D eigenvalue weighted by Crippen LogP contribution is 2.12. The average molecular weight is 275 g/mol. The van der Waals surface area contributed by atoms with Crippen LogP contribution in [0.5, 0.6) is 0 Å². The quantitative estimate of drug-likeness (QED) is 0.806. The van der Waals surface area contributed by atoms with E-state index in [0.717, 1.165) is 12.1 Å². The monoisotopic (exact) mass is 275 g/mol. The van der Waals surface area contributed by atoms with Crippen LogP contribution in [-0.2, 0) is 6.42 Å². The standard InChI is InChI=1S/C15H21N3S/c1-3-4-6-13-7-9-14(10-8-13)17-15(19)18(2)12-5-11-16/h7-10H,3-6,12H2,1-2H3,(H,17,19). The maximum absolute atomic E-state index is 8.55. The van der Waals surface area contributed by atoms with Crippen molar-refractivity contribution in [2.45, 2.75) is 32.6 Å². The molecule has 0 unspecified atom stereocenters. The summed E-state index contributed by atoms with van der Waals surface area (Å²) < 4.78 is 0. The number of benzene rings is 1. The van der Waals surface area contributed by atoms with E-state index in [-0.39, 0.29) is 0 Å². The number of aryl methyl sites for hydroxylation is 1. The normalized spacial score (nSPS) is 9.74. The molecule has 0 saturated carbocycles. The molecule has 0 radical (unpaired) electrons. The zero-order chi connectivity index (χ0) is 14.1. The van der Waals surface area contributed by atoms with Crippen molar-refractivity contribution in [1.82, 2.24) is 4.90 Å². The first-order chi connectivity index (χ1) is 9.17. The summed E-state index contributed by atoms with van der Waals surface area (Å²) in [5.74, 6) is 0. The third-order valence-electron chi connectivity index (χ3n) is 2.93. The van der Waals surface area contributed by atoms with E-state index in [4.69, 9.17) is 17.5 Å². The van der Waals surface area contributed by atoms with Crippen molar-refractivity contribution in [3.05, 3.63) is 29.8 Å². The molecule has 0 spiro atoms. The smallest absolute Gasteiger partial charge is 0.173 e. The Hall–Kier alpha value is -1.60. The van der Waals surface area contributed by atoms with Crippen molar-refractivity contribution < 1.29 is 0 Å². The fourth-order valence-electron chi connectivity index (χ4n) is 1.67. The maximum Gasteiger partial charge on any atom is 0.173 e. The van der Waals surface area contributed by atoms with Gasteiger partial charge in [0.15, 0.2) is 5.11 Å². The summed E-state index contributed by atoms with van der Waals surface area (Å²) in [5, 5.41) is 12.4. The zero-order valence-electron chi connectivity index (χ0n) is 11.6. The molecule has 0 aliphatic carbocycles. The molecule has 0 amide bonds. The molecule has 19 heavy (non-hydrogen) atoms. The molecule has 0 aliphatic rings. The van der Waals surface area contributed by atoms with Gasteiger partial charge in [-0.1, -0.05) is 25.5 Å². The van der Waals surface area contributed by atoms with Crippen LogP contribution in [0, 0.1) is 11.3 Å². The van der Waals surface area contributed by atoms with Crippen molar-refractivity contribution >= 4 is 23.0 Å². The zero-order valence-corrected chi connectivity index (χ0v) is 12.5. The molecule has 1 aromatic rings. The Labute approximate surface area is 121 Å². The molecule has 3 nitrogen and oxygen atoms in total. The van der Waals surface area contributed by atoms with Gasteiger partial charge in [0.1, 0.15) is 0 Å². The minimum Gasteiger partial charge on any atom is -0.351 e. The van der Waals surface area contributed by atoms with Crippen molar-refractivity contribution in [2.75, 3.05) is 18.9 Å². The number of rotatable bonds is 6. The fourth-order valence-corrected chi connectivity index (χ4v) is 1.88. The number of thiocarbonyl (C=S) groups is 1. The Morgan fingerprint density at radius 1 is 1.37 bits per heavy atom. The van der Waals surface area contributed by atoms with Crippen LogP contribution in [0.15, 0.2) is 24.3 Å². The Morgan fingerprint density at radius 3 is 2.63 bits per heavy atom. The summed E-state index contributed by atoms with van der Waals surface area (Å²) in [5.41, 5.74) is 2.35. The third-order valence-corrected chi connectivity index (χ3v) is 3.34. The van der Waals surface area contributed by atoms with Gasteiger partial charge in [0.05, 0.1) is 12.5 Å². The lowest BCUT2D eigenvalue weighted by Crippen LogP contribution is -2.31. The van der Waals surface area contributed by atoms with Crippen LogP contribution >= 0.6 is 12.2 Å². The van der Waals surface area contributed by atoms with Gasteiger partial charge in [-0.3, -0.25) is 0 Å². The second kappa shape index (κ2) is 8.49. The summed E-state index contributed by atoms with van der Waals surface area (Å²) in [7, 11) is 1.89. The molecule has 0 aromatic heterocycles. The number of hydrogen-bond donors (Lipinski definition) is 1. The lowest BCUT2D eigenvalue weighted by molar-refractivity contribution is 0.523. The number of hydrogen-bond acceptors (Lipinski definition) is 2. The van der Waals surface area contributed by atoms with E-state index >= 15 is 0 Å².